The molecular formula is C12H17N3O. The van der Waals surface area contributed by atoms with E-state index >= 15 is 0 Å². The lowest BCUT2D eigenvalue weighted by Gasteiger charge is -2.19. The summed E-state index contributed by atoms with van der Waals surface area (Å²) in [5, 5.41) is 13.2. The Morgan fingerprint density at radius 3 is 2.62 bits per heavy atom. The van der Waals surface area contributed by atoms with Crippen LogP contribution in [0.1, 0.15) is 17.2 Å². The number of hydrogen-bond acceptors (Lipinski definition) is 4. The van der Waals surface area contributed by atoms with Gasteiger partial charge < -0.3 is 16.2 Å². The summed E-state index contributed by atoms with van der Waals surface area (Å²) in [6, 6.07) is 7.26. The van der Waals surface area contributed by atoms with E-state index in [2.05, 4.69) is 10.3 Å². The molecule has 1 aromatic rings. The molecule has 0 radical (unpaired) electrons. The van der Waals surface area contributed by atoms with Crippen LogP contribution in [0.25, 0.3) is 0 Å². The zero-order valence-corrected chi connectivity index (χ0v) is 9.35. The molecular weight excluding hydrogens is 202 g/mol. The summed E-state index contributed by atoms with van der Waals surface area (Å²) in [6.07, 6.45) is -0.704. The quantitative estimate of drug-likeness (QED) is 0.687. The number of nitrogens with zero attached hydrogens (tertiary/aromatic N) is 1. The Bertz CT molecular complexity index is 386. The number of benzene rings is 1. The number of nitrogens with two attached hydrogens (primary N) is 1. The van der Waals surface area contributed by atoms with Gasteiger partial charge in [0.1, 0.15) is 11.9 Å². The van der Waals surface area contributed by atoms with Crippen molar-refractivity contribution in [3.63, 3.8) is 0 Å². The second kappa shape index (κ2) is 4.63. The summed E-state index contributed by atoms with van der Waals surface area (Å²) in [5.41, 5.74) is 7.94. The van der Waals surface area contributed by atoms with Crippen molar-refractivity contribution in [2.45, 2.75) is 19.1 Å². The second-order valence-electron chi connectivity index (χ2n) is 4.08. The van der Waals surface area contributed by atoms with Gasteiger partial charge in [0.05, 0.1) is 12.6 Å². The largest absolute Gasteiger partial charge is 0.386 e. The molecule has 2 unspecified atom stereocenters. The minimum absolute atomic E-state index is 0.467. The molecule has 1 heterocycles. The van der Waals surface area contributed by atoms with Crippen LogP contribution in [-0.4, -0.2) is 30.1 Å². The Kier molecular flexibility index (Phi) is 3.22. The zero-order valence-electron chi connectivity index (χ0n) is 9.35. The molecule has 2 atom stereocenters. The van der Waals surface area contributed by atoms with Crippen LogP contribution in [0.15, 0.2) is 29.3 Å². The predicted molar refractivity (Wildman–Crippen MR) is 64.4 cm³/mol. The lowest BCUT2D eigenvalue weighted by Crippen LogP contribution is -2.42. The van der Waals surface area contributed by atoms with E-state index in [1.807, 2.05) is 31.2 Å². The Labute approximate surface area is 95.2 Å². The van der Waals surface area contributed by atoms with Crippen molar-refractivity contribution in [2.24, 2.45) is 10.7 Å². The fourth-order valence-electron chi connectivity index (χ4n) is 1.76. The van der Waals surface area contributed by atoms with E-state index < -0.39 is 12.1 Å². The number of amidine groups is 1. The molecule has 0 aromatic heterocycles. The predicted octanol–water partition coefficient (Wildman–Crippen LogP) is 0.357. The molecule has 0 amide bonds. The highest BCUT2D eigenvalue weighted by Crippen LogP contribution is 2.17. The third-order valence-electron chi connectivity index (χ3n) is 2.77. The van der Waals surface area contributed by atoms with E-state index in [0.29, 0.717) is 5.84 Å². The summed E-state index contributed by atoms with van der Waals surface area (Å²) >= 11 is 0. The fourth-order valence-corrected chi connectivity index (χ4v) is 1.76. The van der Waals surface area contributed by atoms with E-state index in [9.17, 15) is 5.11 Å². The lowest BCUT2D eigenvalue weighted by atomic mass is 10.0. The van der Waals surface area contributed by atoms with Crippen molar-refractivity contribution in [3.8, 4) is 0 Å². The molecule has 0 aliphatic carbocycles. The molecule has 0 bridgehead atoms. The van der Waals surface area contributed by atoms with Gasteiger partial charge in [-0.1, -0.05) is 29.8 Å². The smallest absolute Gasteiger partial charge is 0.116 e. The van der Waals surface area contributed by atoms with Gasteiger partial charge in [0.25, 0.3) is 0 Å². The molecule has 1 aliphatic rings. The maximum atomic E-state index is 10.1. The zero-order chi connectivity index (χ0) is 11.5. The molecule has 0 spiro atoms. The van der Waals surface area contributed by atoms with E-state index in [0.717, 1.165) is 18.7 Å². The van der Waals surface area contributed by atoms with Crippen LogP contribution in [-0.2, 0) is 0 Å². The van der Waals surface area contributed by atoms with Gasteiger partial charge in [-0.15, -0.1) is 0 Å². The first-order chi connectivity index (χ1) is 7.68. The van der Waals surface area contributed by atoms with Gasteiger partial charge >= 0.3 is 0 Å². The molecule has 4 N–H and O–H groups in total. The van der Waals surface area contributed by atoms with Gasteiger partial charge in [0, 0.05) is 6.54 Å². The summed E-state index contributed by atoms with van der Waals surface area (Å²) in [5.74, 6) is 0.702. The minimum Gasteiger partial charge on any atom is -0.386 e. The molecule has 1 aliphatic heterocycles. The van der Waals surface area contributed by atoms with E-state index in [4.69, 9.17) is 5.73 Å². The van der Waals surface area contributed by atoms with Crippen molar-refractivity contribution < 1.29 is 5.11 Å². The van der Waals surface area contributed by atoms with E-state index in [1.54, 1.807) is 0 Å². The number of aliphatic hydroxyl groups excluding tert-OH is 1. The van der Waals surface area contributed by atoms with Gasteiger partial charge in [-0.25, -0.2) is 0 Å². The number of hydrogen-bond donors (Lipinski definition) is 3. The molecule has 1 aromatic carbocycles. The first kappa shape index (κ1) is 11.1. The van der Waals surface area contributed by atoms with E-state index in [-0.39, 0.29) is 0 Å². The Hall–Kier alpha value is -1.39. The van der Waals surface area contributed by atoms with Crippen molar-refractivity contribution >= 4 is 5.84 Å². The Morgan fingerprint density at radius 2 is 2.06 bits per heavy atom. The van der Waals surface area contributed by atoms with Gasteiger partial charge in [0.2, 0.25) is 0 Å². The molecule has 4 heteroatoms. The normalized spacial score (nSPS) is 18.8. The van der Waals surface area contributed by atoms with Crippen LogP contribution >= 0.6 is 0 Å². The van der Waals surface area contributed by atoms with Crippen molar-refractivity contribution in [1.29, 1.82) is 0 Å². The third-order valence-corrected chi connectivity index (χ3v) is 2.77. The molecule has 86 valence electrons. The van der Waals surface area contributed by atoms with Crippen molar-refractivity contribution in [3.05, 3.63) is 35.4 Å². The summed E-state index contributed by atoms with van der Waals surface area (Å²) < 4.78 is 0. The van der Waals surface area contributed by atoms with Gasteiger partial charge in [-0.2, -0.15) is 0 Å². The molecule has 0 fully saturated rings. The number of aliphatic imine (C=N–C) groups is 1. The second-order valence-corrected chi connectivity index (χ2v) is 4.08. The highest BCUT2D eigenvalue weighted by molar-refractivity contribution is 5.89. The third kappa shape index (κ3) is 2.23. The standard InChI is InChI=1S/C12H17N3O/c1-8-2-4-9(5-3-8)11(16)10(13)12-14-6-7-15-12/h2-5,10-11,16H,6-7,13H2,1H3,(H,14,15). The highest BCUT2D eigenvalue weighted by atomic mass is 16.3. The number of nitrogens with one attached hydrogen (secondary N) is 1. The SMILES string of the molecule is Cc1ccc(C(O)C(N)C2=NCCN2)cc1. The maximum absolute atomic E-state index is 10.1. The van der Waals surface area contributed by atoms with Crippen LogP contribution in [0.2, 0.25) is 0 Å². The fraction of sp³-hybridized carbons (Fsp3) is 0.417. The number of aliphatic hydroxyl groups is 1. The Balaban J connectivity index is 2.11. The topological polar surface area (TPSA) is 70.6 Å². The number of rotatable bonds is 3. The van der Waals surface area contributed by atoms with Crippen molar-refractivity contribution in [2.75, 3.05) is 13.1 Å². The average molecular weight is 219 g/mol. The van der Waals surface area contributed by atoms with Crippen LogP contribution in [0, 0.1) is 6.92 Å². The van der Waals surface area contributed by atoms with Crippen LogP contribution in [0.4, 0.5) is 0 Å². The Morgan fingerprint density at radius 1 is 1.38 bits per heavy atom. The van der Waals surface area contributed by atoms with Crippen LogP contribution in [0.3, 0.4) is 0 Å². The van der Waals surface area contributed by atoms with Crippen molar-refractivity contribution in [1.82, 2.24) is 5.32 Å². The van der Waals surface area contributed by atoms with Gasteiger partial charge in [-0.3, -0.25) is 4.99 Å². The molecule has 4 nitrogen and oxygen atoms in total. The summed E-state index contributed by atoms with van der Waals surface area (Å²) in [7, 11) is 0. The maximum Gasteiger partial charge on any atom is 0.116 e. The minimum atomic E-state index is -0.704. The average Bonchev–Trinajstić information content (AvgIpc) is 2.81. The molecule has 2 rings (SSSR count). The van der Waals surface area contributed by atoms with Gasteiger partial charge in [0.15, 0.2) is 0 Å². The first-order valence-corrected chi connectivity index (χ1v) is 5.47. The monoisotopic (exact) mass is 219 g/mol. The molecule has 0 saturated heterocycles. The first-order valence-electron chi connectivity index (χ1n) is 5.47. The molecule has 0 saturated carbocycles. The van der Waals surface area contributed by atoms with Crippen LogP contribution in [0.5, 0.6) is 0 Å². The number of aryl methyl sites for hydroxylation is 1. The molecule has 16 heavy (non-hydrogen) atoms. The summed E-state index contributed by atoms with van der Waals surface area (Å²) in [4.78, 5) is 4.22. The van der Waals surface area contributed by atoms with E-state index in [1.165, 1.54) is 5.56 Å². The van der Waals surface area contributed by atoms with Crippen LogP contribution < -0.4 is 11.1 Å². The summed E-state index contributed by atoms with van der Waals surface area (Å²) in [6.45, 7) is 3.56. The lowest BCUT2D eigenvalue weighted by molar-refractivity contribution is 0.168. The highest BCUT2D eigenvalue weighted by Gasteiger charge is 2.23. The van der Waals surface area contributed by atoms with Gasteiger partial charge in [-0.05, 0) is 12.5 Å².